The SMILES string of the molecule is CC(=O)Oc1ccc(C=Cc2cc(C)cc(OC(C)=O)c2)cc1. The minimum atomic E-state index is -0.342. The predicted octanol–water partition coefficient (Wildman–Crippen LogP) is 4.02. The molecule has 0 radical (unpaired) electrons. The summed E-state index contributed by atoms with van der Waals surface area (Å²) in [5.41, 5.74) is 2.91. The van der Waals surface area contributed by atoms with Crippen LogP contribution in [-0.2, 0) is 9.59 Å². The van der Waals surface area contributed by atoms with Gasteiger partial charge in [-0.2, -0.15) is 0 Å². The number of rotatable bonds is 4. The summed E-state index contributed by atoms with van der Waals surface area (Å²) < 4.78 is 10.1. The average molecular weight is 310 g/mol. The van der Waals surface area contributed by atoms with Gasteiger partial charge in [-0.15, -0.1) is 0 Å². The fourth-order valence-electron chi connectivity index (χ4n) is 2.10. The largest absolute Gasteiger partial charge is 0.427 e. The Bertz CT molecular complexity index is 742. The highest BCUT2D eigenvalue weighted by molar-refractivity contribution is 5.73. The van der Waals surface area contributed by atoms with Crippen molar-refractivity contribution < 1.29 is 19.1 Å². The number of ether oxygens (including phenoxy) is 2. The molecular weight excluding hydrogens is 292 g/mol. The highest BCUT2D eigenvalue weighted by Gasteiger charge is 2.01. The molecule has 0 aliphatic rings. The Morgan fingerprint density at radius 2 is 1.35 bits per heavy atom. The Hall–Kier alpha value is -2.88. The first kappa shape index (κ1) is 16.5. The second-order valence-corrected chi connectivity index (χ2v) is 5.17. The standard InChI is InChI=1S/C19H18O4/c1-13-10-17(12-19(11-13)23-15(3)21)5-4-16-6-8-18(9-7-16)22-14(2)20/h4-12H,1-3H3. The summed E-state index contributed by atoms with van der Waals surface area (Å²) >= 11 is 0. The van der Waals surface area contributed by atoms with E-state index in [1.807, 2.05) is 43.3 Å². The number of hydrogen-bond donors (Lipinski definition) is 0. The molecule has 0 saturated carbocycles. The van der Waals surface area contributed by atoms with Crippen LogP contribution >= 0.6 is 0 Å². The van der Waals surface area contributed by atoms with E-state index >= 15 is 0 Å². The Labute approximate surface area is 135 Å². The van der Waals surface area contributed by atoms with Gasteiger partial charge in [-0.25, -0.2) is 0 Å². The van der Waals surface area contributed by atoms with Gasteiger partial charge in [0, 0.05) is 13.8 Å². The van der Waals surface area contributed by atoms with Gasteiger partial charge in [0.05, 0.1) is 0 Å². The van der Waals surface area contributed by atoms with Gasteiger partial charge in [0.1, 0.15) is 11.5 Å². The molecule has 23 heavy (non-hydrogen) atoms. The Balaban J connectivity index is 2.14. The van der Waals surface area contributed by atoms with Gasteiger partial charge in [0.2, 0.25) is 0 Å². The van der Waals surface area contributed by atoms with Gasteiger partial charge in [-0.3, -0.25) is 9.59 Å². The molecule has 0 N–H and O–H groups in total. The lowest BCUT2D eigenvalue weighted by Crippen LogP contribution is -2.01. The number of carbonyl (C=O) groups excluding carboxylic acids is 2. The molecule has 0 bridgehead atoms. The minimum Gasteiger partial charge on any atom is -0.427 e. The second kappa shape index (κ2) is 7.40. The van der Waals surface area contributed by atoms with Crippen molar-refractivity contribution in [3.05, 3.63) is 59.2 Å². The summed E-state index contributed by atoms with van der Waals surface area (Å²) in [5.74, 6) is 0.363. The van der Waals surface area contributed by atoms with Gasteiger partial charge in [0.15, 0.2) is 0 Å². The molecule has 0 amide bonds. The van der Waals surface area contributed by atoms with Crippen molar-refractivity contribution in [3.8, 4) is 11.5 Å². The van der Waals surface area contributed by atoms with E-state index < -0.39 is 0 Å². The molecule has 0 heterocycles. The van der Waals surface area contributed by atoms with E-state index in [0.717, 1.165) is 16.7 Å². The van der Waals surface area contributed by atoms with Gasteiger partial charge in [0.25, 0.3) is 0 Å². The monoisotopic (exact) mass is 310 g/mol. The van der Waals surface area contributed by atoms with E-state index in [2.05, 4.69) is 0 Å². The third-order valence-electron chi connectivity index (χ3n) is 2.94. The molecule has 2 aromatic carbocycles. The maximum atomic E-state index is 11.0. The third kappa shape index (κ3) is 5.43. The normalized spacial score (nSPS) is 10.6. The van der Waals surface area contributed by atoms with Crippen LogP contribution in [-0.4, -0.2) is 11.9 Å². The zero-order valence-electron chi connectivity index (χ0n) is 13.3. The fourth-order valence-corrected chi connectivity index (χ4v) is 2.10. The van der Waals surface area contributed by atoms with Crippen molar-refractivity contribution in [2.24, 2.45) is 0 Å². The van der Waals surface area contributed by atoms with Crippen molar-refractivity contribution in [1.82, 2.24) is 0 Å². The second-order valence-electron chi connectivity index (χ2n) is 5.17. The van der Waals surface area contributed by atoms with Crippen LogP contribution in [0.1, 0.15) is 30.5 Å². The molecule has 0 aliphatic heterocycles. The molecular formula is C19H18O4. The minimum absolute atomic E-state index is 0.341. The fraction of sp³-hybridized carbons (Fsp3) is 0.158. The van der Waals surface area contributed by atoms with Crippen LogP contribution in [0, 0.1) is 6.92 Å². The lowest BCUT2D eigenvalue weighted by atomic mass is 10.1. The van der Waals surface area contributed by atoms with Crippen molar-refractivity contribution in [2.75, 3.05) is 0 Å². The van der Waals surface area contributed by atoms with Crippen LogP contribution in [0.3, 0.4) is 0 Å². The highest BCUT2D eigenvalue weighted by Crippen LogP contribution is 2.20. The molecule has 2 aromatic rings. The molecule has 2 rings (SSSR count). The number of aryl methyl sites for hydroxylation is 1. The highest BCUT2D eigenvalue weighted by atomic mass is 16.5. The summed E-state index contributed by atoms with van der Waals surface area (Å²) in [7, 11) is 0. The first-order valence-corrected chi connectivity index (χ1v) is 7.19. The first-order valence-electron chi connectivity index (χ1n) is 7.19. The van der Waals surface area contributed by atoms with Crippen LogP contribution in [0.2, 0.25) is 0 Å². The summed E-state index contributed by atoms with van der Waals surface area (Å²) in [5, 5.41) is 0. The topological polar surface area (TPSA) is 52.6 Å². The lowest BCUT2D eigenvalue weighted by molar-refractivity contribution is -0.132. The molecule has 0 unspecified atom stereocenters. The maximum Gasteiger partial charge on any atom is 0.308 e. The molecule has 0 aliphatic carbocycles. The maximum absolute atomic E-state index is 11.0. The number of esters is 2. The smallest absolute Gasteiger partial charge is 0.308 e. The molecule has 0 fully saturated rings. The summed E-state index contributed by atoms with van der Waals surface area (Å²) in [6.07, 6.45) is 3.87. The number of benzene rings is 2. The Morgan fingerprint density at radius 3 is 1.96 bits per heavy atom. The van der Waals surface area contributed by atoms with Gasteiger partial charge >= 0.3 is 11.9 Å². The number of hydrogen-bond acceptors (Lipinski definition) is 4. The summed E-state index contributed by atoms with van der Waals surface area (Å²) in [6, 6.07) is 12.8. The van der Waals surface area contributed by atoms with Crippen LogP contribution in [0.4, 0.5) is 0 Å². The van der Waals surface area contributed by atoms with E-state index in [-0.39, 0.29) is 11.9 Å². The van der Waals surface area contributed by atoms with Gasteiger partial charge in [-0.05, 0) is 47.9 Å². The van der Waals surface area contributed by atoms with E-state index in [4.69, 9.17) is 9.47 Å². The van der Waals surface area contributed by atoms with Crippen molar-refractivity contribution >= 4 is 24.1 Å². The van der Waals surface area contributed by atoms with Crippen LogP contribution in [0.5, 0.6) is 11.5 Å². The average Bonchev–Trinajstić information content (AvgIpc) is 2.44. The van der Waals surface area contributed by atoms with E-state index in [0.29, 0.717) is 11.5 Å². The molecule has 0 saturated heterocycles. The van der Waals surface area contributed by atoms with Gasteiger partial charge in [-0.1, -0.05) is 30.4 Å². The number of carbonyl (C=O) groups is 2. The molecule has 0 atom stereocenters. The predicted molar refractivity (Wildman–Crippen MR) is 89.2 cm³/mol. The van der Waals surface area contributed by atoms with Crippen LogP contribution in [0.15, 0.2) is 42.5 Å². The lowest BCUT2D eigenvalue weighted by Gasteiger charge is -2.04. The molecule has 0 aromatic heterocycles. The zero-order valence-corrected chi connectivity index (χ0v) is 13.3. The van der Waals surface area contributed by atoms with E-state index in [1.165, 1.54) is 13.8 Å². The van der Waals surface area contributed by atoms with Crippen molar-refractivity contribution in [1.29, 1.82) is 0 Å². The molecule has 4 heteroatoms. The summed E-state index contributed by atoms with van der Waals surface area (Å²) in [6.45, 7) is 4.69. The third-order valence-corrected chi connectivity index (χ3v) is 2.94. The van der Waals surface area contributed by atoms with Crippen molar-refractivity contribution in [3.63, 3.8) is 0 Å². The summed E-state index contributed by atoms with van der Waals surface area (Å²) in [4.78, 5) is 21.9. The van der Waals surface area contributed by atoms with Crippen LogP contribution in [0.25, 0.3) is 12.2 Å². The quantitative estimate of drug-likeness (QED) is 0.486. The Kier molecular flexibility index (Phi) is 5.31. The van der Waals surface area contributed by atoms with Crippen LogP contribution < -0.4 is 9.47 Å². The zero-order chi connectivity index (χ0) is 16.8. The molecule has 0 spiro atoms. The first-order chi connectivity index (χ1) is 10.9. The van der Waals surface area contributed by atoms with Crippen molar-refractivity contribution in [2.45, 2.75) is 20.8 Å². The van der Waals surface area contributed by atoms with Gasteiger partial charge < -0.3 is 9.47 Å². The molecule has 4 nitrogen and oxygen atoms in total. The van der Waals surface area contributed by atoms with E-state index in [9.17, 15) is 9.59 Å². The Morgan fingerprint density at radius 1 is 0.783 bits per heavy atom. The molecule has 118 valence electrons. The van der Waals surface area contributed by atoms with E-state index in [1.54, 1.807) is 18.2 Å².